The Hall–Kier alpha value is -0.340. The van der Waals surface area contributed by atoms with Gasteiger partial charge < -0.3 is 4.74 Å². The van der Waals surface area contributed by atoms with E-state index in [0.29, 0.717) is 0 Å². The Morgan fingerprint density at radius 3 is 3.21 bits per heavy atom. The molecule has 1 spiro atoms. The summed E-state index contributed by atoms with van der Waals surface area (Å²) >= 11 is 6.07. The van der Waals surface area contributed by atoms with E-state index in [0.717, 1.165) is 19.3 Å². The highest BCUT2D eigenvalue weighted by Crippen LogP contribution is 2.53. The minimum atomic E-state index is -0.455. The van der Waals surface area contributed by atoms with Crippen molar-refractivity contribution < 1.29 is 9.53 Å². The molecule has 2 bridgehead atoms. The Balaban J connectivity index is 2.11. The van der Waals surface area contributed by atoms with Crippen molar-refractivity contribution in [3.63, 3.8) is 0 Å². The second kappa shape index (κ2) is 2.61. The minimum Gasteiger partial charge on any atom is -0.361 e. The molecule has 4 atom stereocenters. The van der Waals surface area contributed by atoms with Crippen LogP contribution in [0.4, 0.5) is 0 Å². The molecule has 0 N–H and O–H groups in total. The fraction of sp³-hybridized carbons (Fsp3) is 0.727. The Labute approximate surface area is 88.3 Å². The number of alkyl halides is 1. The van der Waals surface area contributed by atoms with Gasteiger partial charge in [0.1, 0.15) is 11.5 Å². The molecular weight excluding hydrogens is 200 g/mol. The molecule has 2 nitrogen and oxygen atoms in total. The van der Waals surface area contributed by atoms with Crippen molar-refractivity contribution >= 4 is 17.4 Å². The molecule has 76 valence electrons. The van der Waals surface area contributed by atoms with Gasteiger partial charge >= 0.3 is 0 Å². The van der Waals surface area contributed by atoms with Crippen molar-refractivity contribution in [2.24, 2.45) is 5.92 Å². The quantitative estimate of drug-likeness (QED) is 0.454. The van der Waals surface area contributed by atoms with Gasteiger partial charge in [-0.05, 0) is 31.8 Å². The van der Waals surface area contributed by atoms with E-state index in [-0.39, 0.29) is 23.4 Å². The summed E-state index contributed by atoms with van der Waals surface area (Å²) in [5.74, 6) is 0.230. The normalized spacial score (nSPS) is 50.6. The van der Waals surface area contributed by atoms with Crippen LogP contribution >= 0.6 is 11.6 Å². The summed E-state index contributed by atoms with van der Waals surface area (Å²) in [6.45, 7) is 2.07. The van der Waals surface area contributed by atoms with Crippen LogP contribution in [0.5, 0.6) is 0 Å². The SMILES string of the molecule is CC1=C[C@@H]2O[C@]13CCC[C@@H]3C(=O)[C@@H]2Cl. The van der Waals surface area contributed by atoms with E-state index in [2.05, 4.69) is 6.92 Å². The van der Waals surface area contributed by atoms with E-state index in [9.17, 15) is 4.79 Å². The van der Waals surface area contributed by atoms with Gasteiger partial charge in [0.2, 0.25) is 0 Å². The molecule has 3 heteroatoms. The molecule has 2 heterocycles. The number of halogens is 1. The van der Waals surface area contributed by atoms with Crippen molar-refractivity contribution in [3.8, 4) is 0 Å². The van der Waals surface area contributed by atoms with Crippen LogP contribution in [0.15, 0.2) is 11.6 Å². The highest BCUT2D eigenvalue weighted by Gasteiger charge is 2.59. The molecule has 2 fully saturated rings. The summed E-state index contributed by atoms with van der Waals surface area (Å²) in [4.78, 5) is 12.0. The van der Waals surface area contributed by atoms with Gasteiger partial charge in [-0.1, -0.05) is 6.08 Å². The second-order valence-electron chi connectivity index (χ2n) is 4.57. The van der Waals surface area contributed by atoms with Crippen molar-refractivity contribution in [2.75, 3.05) is 0 Å². The molecule has 0 unspecified atom stereocenters. The van der Waals surface area contributed by atoms with Crippen LogP contribution in [-0.2, 0) is 9.53 Å². The van der Waals surface area contributed by atoms with E-state index in [1.54, 1.807) is 0 Å². The maximum atomic E-state index is 12.0. The number of ketones is 1. The molecular formula is C11H13ClO2. The number of hydrogen-bond donors (Lipinski definition) is 0. The predicted molar refractivity (Wildman–Crippen MR) is 53.4 cm³/mol. The third-order valence-electron chi connectivity index (χ3n) is 3.94. The number of rotatable bonds is 0. The van der Waals surface area contributed by atoms with E-state index in [1.165, 1.54) is 5.57 Å². The molecule has 3 aliphatic rings. The summed E-state index contributed by atoms with van der Waals surface area (Å²) in [5, 5.41) is -0.455. The van der Waals surface area contributed by atoms with Crippen molar-refractivity contribution in [1.29, 1.82) is 0 Å². The van der Waals surface area contributed by atoms with Crippen LogP contribution in [0.25, 0.3) is 0 Å². The summed E-state index contributed by atoms with van der Waals surface area (Å²) in [7, 11) is 0. The lowest BCUT2D eigenvalue weighted by Gasteiger charge is -2.38. The summed E-state index contributed by atoms with van der Waals surface area (Å²) < 4.78 is 5.96. The Morgan fingerprint density at radius 2 is 2.43 bits per heavy atom. The molecule has 2 aliphatic heterocycles. The molecule has 3 rings (SSSR count). The first kappa shape index (κ1) is 8.93. The molecule has 0 aromatic rings. The Kier molecular flexibility index (Phi) is 1.67. The van der Waals surface area contributed by atoms with Gasteiger partial charge in [0.25, 0.3) is 0 Å². The van der Waals surface area contributed by atoms with Crippen molar-refractivity contribution in [3.05, 3.63) is 11.6 Å². The van der Waals surface area contributed by atoms with E-state index in [4.69, 9.17) is 16.3 Å². The van der Waals surface area contributed by atoms with E-state index >= 15 is 0 Å². The number of Topliss-reactive ketones (excluding diaryl/α,β-unsaturated/α-hetero) is 1. The third-order valence-corrected chi connectivity index (χ3v) is 4.40. The van der Waals surface area contributed by atoms with E-state index in [1.807, 2.05) is 6.08 Å². The smallest absolute Gasteiger partial charge is 0.159 e. The van der Waals surface area contributed by atoms with Gasteiger partial charge in [0.05, 0.1) is 11.5 Å². The lowest BCUT2D eigenvalue weighted by Crippen LogP contribution is -2.50. The highest BCUT2D eigenvalue weighted by atomic mass is 35.5. The van der Waals surface area contributed by atoms with Crippen LogP contribution < -0.4 is 0 Å². The fourth-order valence-corrected chi connectivity index (χ4v) is 3.49. The number of ether oxygens (including phenoxy) is 1. The fourth-order valence-electron chi connectivity index (χ4n) is 3.22. The van der Waals surface area contributed by atoms with Crippen LogP contribution in [0.2, 0.25) is 0 Å². The van der Waals surface area contributed by atoms with Gasteiger partial charge in [-0.25, -0.2) is 0 Å². The number of hydrogen-bond acceptors (Lipinski definition) is 2. The number of fused-ring (bicyclic) bond motifs is 1. The van der Waals surface area contributed by atoms with Crippen LogP contribution in [0.1, 0.15) is 26.2 Å². The van der Waals surface area contributed by atoms with Gasteiger partial charge in [0, 0.05) is 0 Å². The number of carbonyl (C=O) groups excluding carboxylic acids is 1. The number of carbonyl (C=O) groups is 1. The summed E-state index contributed by atoms with van der Waals surface area (Å²) in [6, 6.07) is 0. The molecule has 1 saturated heterocycles. The molecule has 0 radical (unpaired) electrons. The lowest BCUT2D eigenvalue weighted by molar-refractivity contribution is -0.146. The van der Waals surface area contributed by atoms with Crippen molar-refractivity contribution in [2.45, 2.75) is 43.3 Å². The summed E-state index contributed by atoms with van der Waals surface area (Å²) in [5.41, 5.74) is 0.967. The lowest BCUT2D eigenvalue weighted by atomic mass is 9.81. The third kappa shape index (κ3) is 0.842. The zero-order valence-corrected chi connectivity index (χ0v) is 8.88. The first-order valence-electron chi connectivity index (χ1n) is 5.20. The van der Waals surface area contributed by atoms with Crippen molar-refractivity contribution in [1.82, 2.24) is 0 Å². The van der Waals surface area contributed by atoms with Gasteiger partial charge in [-0.15, -0.1) is 11.6 Å². The Bertz CT molecular complexity index is 336. The van der Waals surface area contributed by atoms with Crippen LogP contribution in [-0.4, -0.2) is 22.9 Å². The molecule has 0 aromatic heterocycles. The highest BCUT2D eigenvalue weighted by molar-refractivity contribution is 6.32. The maximum Gasteiger partial charge on any atom is 0.159 e. The largest absolute Gasteiger partial charge is 0.361 e. The first-order valence-corrected chi connectivity index (χ1v) is 5.63. The van der Waals surface area contributed by atoms with Crippen LogP contribution in [0.3, 0.4) is 0 Å². The standard InChI is InChI=1S/C11H13ClO2/c1-6-5-8-9(12)10(13)7-3-2-4-11(6,7)14-8/h5,7-9H,2-4H2,1H3/t7-,8+,9-,11-/m1/s1. The van der Waals surface area contributed by atoms with Gasteiger partial charge in [-0.3, -0.25) is 4.79 Å². The molecule has 1 saturated carbocycles. The van der Waals surface area contributed by atoms with Crippen LogP contribution in [0, 0.1) is 5.92 Å². The second-order valence-corrected chi connectivity index (χ2v) is 5.04. The monoisotopic (exact) mass is 212 g/mol. The summed E-state index contributed by atoms with van der Waals surface area (Å²) in [6.07, 6.45) is 4.89. The first-order chi connectivity index (χ1) is 6.65. The van der Waals surface area contributed by atoms with E-state index < -0.39 is 5.38 Å². The zero-order valence-electron chi connectivity index (χ0n) is 8.13. The van der Waals surface area contributed by atoms with Gasteiger partial charge in [0.15, 0.2) is 5.78 Å². The maximum absolute atomic E-state index is 12.0. The molecule has 1 aliphatic carbocycles. The average Bonchev–Trinajstić information content (AvgIpc) is 2.70. The molecule has 0 aromatic carbocycles. The van der Waals surface area contributed by atoms with Gasteiger partial charge in [-0.2, -0.15) is 0 Å². The predicted octanol–water partition coefficient (Wildman–Crippen LogP) is 2.06. The minimum absolute atomic E-state index is 0.0278. The average molecular weight is 213 g/mol. The molecule has 0 amide bonds. The zero-order chi connectivity index (χ0) is 9.92. The molecule has 14 heavy (non-hydrogen) atoms. The topological polar surface area (TPSA) is 26.3 Å². The Morgan fingerprint density at radius 1 is 1.64 bits per heavy atom.